The van der Waals surface area contributed by atoms with E-state index in [0.29, 0.717) is 23.7 Å². The fraction of sp³-hybridized carbons (Fsp3) is 0.167. The highest BCUT2D eigenvalue weighted by molar-refractivity contribution is 6.29. The molecule has 5 heteroatoms. The molecule has 0 fully saturated rings. The number of ketones is 1. The summed E-state index contributed by atoms with van der Waals surface area (Å²) in [5.41, 5.74) is 1.23. The van der Waals surface area contributed by atoms with Gasteiger partial charge in [0.1, 0.15) is 5.69 Å². The molecular formula is C12H10ClN3O. The summed E-state index contributed by atoms with van der Waals surface area (Å²) >= 11 is 5.62. The average Bonchev–Trinajstić information content (AvgIpc) is 2.39. The maximum Gasteiger partial charge on any atom is 0.181 e. The number of halogens is 1. The Bertz CT molecular complexity index is 499. The molecule has 0 aromatic carbocycles. The molecule has 0 aliphatic rings. The number of rotatable bonds is 4. The van der Waals surface area contributed by atoms with Crippen LogP contribution in [0.25, 0.3) is 0 Å². The first kappa shape index (κ1) is 11.7. The van der Waals surface area contributed by atoms with Crippen LogP contribution in [0.3, 0.4) is 0 Å². The lowest BCUT2D eigenvalue weighted by Crippen LogP contribution is -2.04. The molecule has 2 heterocycles. The highest BCUT2D eigenvalue weighted by Crippen LogP contribution is 2.06. The van der Waals surface area contributed by atoms with E-state index >= 15 is 0 Å². The van der Waals surface area contributed by atoms with E-state index in [9.17, 15) is 4.79 Å². The first-order chi connectivity index (χ1) is 8.25. The molecular weight excluding hydrogens is 238 g/mol. The molecule has 0 aliphatic heterocycles. The van der Waals surface area contributed by atoms with Crippen molar-refractivity contribution in [3.63, 3.8) is 0 Å². The van der Waals surface area contributed by atoms with Crippen LogP contribution in [-0.2, 0) is 6.42 Å². The first-order valence-electron chi connectivity index (χ1n) is 5.18. The van der Waals surface area contributed by atoms with Gasteiger partial charge in [-0.15, -0.1) is 5.10 Å². The lowest BCUT2D eigenvalue weighted by Gasteiger charge is -1.99. The van der Waals surface area contributed by atoms with E-state index < -0.39 is 0 Å². The van der Waals surface area contributed by atoms with Crippen molar-refractivity contribution >= 4 is 17.4 Å². The number of Topliss-reactive ketones (excluding diaryl/α,β-unsaturated/α-hetero) is 1. The summed E-state index contributed by atoms with van der Waals surface area (Å²) in [6, 6.07) is 8.70. The summed E-state index contributed by atoms with van der Waals surface area (Å²) in [4.78, 5) is 15.7. The molecule has 0 saturated carbocycles. The van der Waals surface area contributed by atoms with Crippen LogP contribution < -0.4 is 0 Å². The molecule has 0 saturated heterocycles. The van der Waals surface area contributed by atoms with Crippen LogP contribution in [-0.4, -0.2) is 21.0 Å². The number of nitrogens with zero attached hydrogens (tertiary/aromatic N) is 3. The third-order valence-corrected chi connectivity index (χ3v) is 2.45. The molecule has 0 amide bonds. The Hall–Kier alpha value is -1.81. The fourth-order valence-corrected chi connectivity index (χ4v) is 1.48. The maximum atomic E-state index is 11.7. The number of aryl methyl sites for hydroxylation is 1. The number of carbonyl (C=O) groups excluding carboxylic acids is 1. The largest absolute Gasteiger partial charge is 0.292 e. The standard InChI is InChI=1S/C12H10ClN3O/c13-12-7-5-9(15-16-12)4-6-11(17)10-3-1-2-8-14-10/h1-3,5,7-8H,4,6H2. The van der Waals surface area contributed by atoms with Crippen molar-refractivity contribution in [2.24, 2.45) is 0 Å². The topological polar surface area (TPSA) is 55.7 Å². The highest BCUT2D eigenvalue weighted by Gasteiger charge is 2.07. The predicted molar refractivity (Wildman–Crippen MR) is 63.9 cm³/mol. The number of hydrogen-bond acceptors (Lipinski definition) is 4. The van der Waals surface area contributed by atoms with Gasteiger partial charge in [0.25, 0.3) is 0 Å². The summed E-state index contributed by atoms with van der Waals surface area (Å²) in [6.07, 6.45) is 2.52. The van der Waals surface area contributed by atoms with E-state index in [4.69, 9.17) is 11.6 Å². The highest BCUT2D eigenvalue weighted by atomic mass is 35.5. The van der Waals surface area contributed by atoms with Crippen molar-refractivity contribution < 1.29 is 4.79 Å². The number of pyridine rings is 1. The normalized spacial score (nSPS) is 10.2. The van der Waals surface area contributed by atoms with Gasteiger partial charge in [0.2, 0.25) is 0 Å². The zero-order valence-electron chi connectivity index (χ0n) is 9.01. The first-order valence-corrected chi connectivity index (χ1v) is 5.56. The number of carbonyl (C=O) groups is 1. The van der Waals surface area contributed by atoms with Gasteiger partial charge < -0.3 is 0 Å². The van der Waals surface area contributed by atoms with Gasteiger partial charge in [0.05, 0.1) is 5.69 Å². The Kier molecular flexibility index (Phi) is 3.77. The van der Waals surface area contributed by atoms with Crippen LogP contribution in [0, 0.1) is 0 Å². The van der Waals surface area contributed by atoms with Crippen molar-refractivity contribution in [2.75, 3.05) is 0 Å². The smallest absolute Gasteiger partial charge is 0.181 e. The van der Waals surface area contributed by atoms with Crippen LogP contribution in [0.2, 0.25) is 5.15 Å². The van der Waals surface area contributed by atoms with E-state index in [-0.39, 0.29) is 5.78 Å². The summed E-state index contributed by atoms with van der Waals surface area (Å²) in [5, 5.41) is 7.96. The number of aromatic nitrogens is 3. The van der Waals surface area contributed by atoms with Crippen molar-refractivity contribution in [1.82, 2.24) is 15.2 Å². The molecule has 0 radical (unpaired) electrons. The zero-order valence-corrected chi connectivity index (χ0v) is 9.76. The SMILES string of the molecule is O=C(CCc1ccc(Cl)nn1)c1ccccn1. The van der Waals surface area contributed by atoms with E-state index in [2.05, 4.69) is 15.2 Å². The molecule has 0 N–H and O–H groups in total. The van der Waals surface area contributed by atoms with Gasteiger partial charge in [-0.25, -0.2) is 0 Å². The Morgan fingerprint density at radius 2 is 2.06 bits per heavy atom. The molecule has 0 aliphatic carbocycles. The van der Waals surface area contributed by atoms with E-state index in [1.165, 1.54) is 0 Å². The molecule has 4 nitrogen and oxygen atoms in total. The molecule has 2 aromatic heterocycles. The van der Waals surface area contributed by atoms with Crippen molar-refractivity contribution in [1.29, 1.82) is 0 Å². The second-order valence-corrected chi connectivity index (χ2v) is 3.87. The summed E-state index contributed by atoms with van der Waals surface area (Å²) in [7, 11) is 0. The molecule has 17 heavy (non-hydrogen) atoms. The second-order valence-electron chi connectivity index (χ2n) is 3.49. The van der Waals surface area contributed by atoms with Gasteiger partial charge in [0, 0.05) is 12.6 Å². The van der Waals surface area contributed by atoms with E-state index in [1.807, 2.05) is 0 Å². The Morgan fingerprint density at radius 3 is 2.71 bits per heavy atom. The van der Waals surface area contributed by atoms with E-state index in [0.717, 1.165) is 5.69 Å². The Morgan fingerprint density at radius 1 is 1.18 bits per heavy atom. The summed E-state index contributed by atoms with van der Waals surface area (Å²) in [5.74, 6) is 0.00218. The third kappa shape index (κ3) is 3.32. The average molecular weight is 248 g/mol. The molecule has 0 unspecified atom stereocenters. The second kappa shape index (κ2) is 5.50. The van der Waals surface area contributed by atoms with Gasteiger partial charge >= 0.3 is 0 Å². The monoisotopic (exact) mass is 247 g/mol. The lowest BCUT2D eigenvalue weighted by atomic mass is 10.1. The summed E-state index contributed by atoms with van der Waals surface area (Å²) in [6.45, 7) is 0. The van der Waals surface area contributed by atoms with Crippen LogP contribution in [0.4, 0.5) is 0 Å². The number of hydrogen-bond donors (Lipinski definition) is 0. The van der Waals surface area contributed by atoms with Crippen LogP contribution in [0.5, 0.6) is 0 Å². The zero-order chi connectivity index (χ0) is 12.1. The van der Waals surface area contributed by atoms with Gasteiger partial charge in [-0.05, 0) is 30.7 Å². The van der Waals surface area contributed by atoms with Crippen molar-refractivity contribution in [2.45, 2.75) is 12.8 Å². The van der Waals surface area contributed by atoms with E-state index in [1.54, 1.807) is 36.5 Å². The molecule has 2 aromatic rings. The fourth-order valence-electron chi connectivity index (χ4n) is 1.37. The molecule has 2 rings (SSSR count). The van der Waals surface area contributed by atoms with Gasteiger partial charge in [0.15, 0.2) is 10.9 Å². The summed E-state index contributed by atoms with van der Waals surface area (Å²) < 4.78 is 0. The van der Waals surface area contributed by atoms with Crippen LogP contribution in [0.1, 0.15) is 22.6 Å². The molecule has 0 atom stereocenters. The minimum Gasteiger partial charge on any atom is -0.292 e. The lowest BCUT2D eigenvalue weighted by molar-refractivity contribution is 0.0977. The maximum absolute atomic E-state index is 11.7. The molecule has 0 spiro atoms. The minimum atomic E-state index is 0.00218. The minimum absolute atomic E-state index is 0.00218. The Balaban J connectivity index is 1.95. The third-order valence-electron chi connectivity index (χ3n) is 2.25. The van der Waals surface area contributed by atoms with Gasteiger partial charge in [-0.1, -0.05) is 17.7 Å². The molecule has 0 bridgehead atoms. The van der Waals surface area contributed by atoms with Crippen LogP contribution in [0.15, 0.2) is 36.5 Å². The molecule has 86 valence electrons. The van der Waals surface area contributed by atoms with Crippen molar-refractivity contribution in [3.05, 3.63) is 53.1 Å². The van der Waals surface area contributed by atoms with Crippen LogP contribution >= 0.6 is 11.6 Å². The van der Waals surface area contributed by atoms with Gasteiger partial charge in [-0.2, -0.15) is 5.10 Å². The predicted octanol–water partition coefficient (Wildman–Crippen LogP) is 2.34. The quantitative estimate of drug-likeness (QED) is 0.778. The van der Waals surface area contributed by atoms with Gasteiger partial charge in [-0.3, -0.25) is 9.78 Å². The van der Waals surface area contributed by atoms with Crippen molar-refractivity contribution in [3.8, 4) is 0 Å². The Labute approximate surface area is 104 Å².